The van der Waals surface area contributed by atoms with E-state index in [9.17, 15) is 14.3 Å². The number of likely N-dealkylation sites (tertiary alicyclic amines) is 1. The maximum Gasteiger partial charge on any atom is 0.258 e. The lowest BCUT2D eigenvalue weighted by molar-refractivity contribution is 0.0547. The molecule has 6 heteroatoms. The Labute approximate surface area is 180 Å². The third-order valence-corrected chi connectivity index (χ3v) is 6.46. The van der Waals surface area contributed by atoms with Crippen molar-refractivity contribution in [2.45, 2.75) is 37.3 Å². The molecule has 1 saturated carbocycles. The predicted molar refractivity (Wildman–Crippen MR) is 116 cm³/mol. The smallest absolute Gasteiger partial charge is 0.258 e. The fourth-order valence-electron chi connectivity index (χ4n) is 4.41. The number of aromatic nitrogens is 1. The quantitative estimate of drug-likeness (QED) is 0.639. The number of hydrogen-bond donors (Lipinski definition) is 1. The van der Waals surface area contributed by atoms with Crippen LogP contribution in [0.3, 0.4) is 0 Å². The molecule has 0 bridgehead atoms. The van der Waals surface area contributed by atoms with Crippen molar-refractivity contribution in [1.29, 1.82) is 0 Å². The monoisotopic (exact) mass is 415 g/mol. The second-order valence-corrected chi connectivity index (χ2v) is 8.45. The zero-order valence-corrected chi connectivity index (χ0v) is 17.0. The van der Waals surface area contributed by atoms with Crippen molar-refractivity contribution < 1.29 is 14.3 Å². The van der Waals surface area contributed by atoms with E-state index in [-0.39, 0.29) is 17.8 Å². The highest BCUT2D eigenvalue weighted by molar-refractivity contribution is 6.08. The first-order valence-corrected chi connectivity index (χ1v) is 10.6. The van der Waals surface area contributed by atoms with E-state index >= 15 is 0 Å². The van der Waals surface area contributed by atoms with Crippen molar-refractivity contribution in [2.24, 2.45) is 0 Å². The molecule has 5 nitrogen and oxygen atoms in total. The number of aliphatic hydroxyl groups excluding tert-OH is 1. The highest BCUT2D eigenvalue weighted by atomic mass is 19.1. The highest BCUT2D eigenvalue weighted by Gasteiger charge is 2.52. The molecule has 0 spiro atoms. The van der Waals surface area contributed by atoms with Crippen LogP contribution in [-0.2, 0) is 5.54 Å². The highest BCUT2D eigenvalue weighted by Crippen LogP contribution is 2.50. The minimum atomic E-state index is -0.405. The molecule has 2 aliphatic rings. The summed E-state index contributed by atoms with van der Waals surface area (Å²) >= 11 is 0. The second kappa shape index (κ2) is 7.44. The molecule has 0 radical (unpaired) electrons. The lowest BCUT2D eigenvalue weighted by atomic mass is 9.93. The van der Waals surface area contributed by atoms with Crippen molar-refractivity contribution in [1.82, 2.24) is 9.88 Å². The third-order valence-electron chi connectivity index (χ3n) is 6.46. The average Bonchev–Trinajstić information content (AvgIpc) is 3.60. The molecule has 1 amide bonds. The van der Waals surface area contributed by atoms with Crippen LogP contribution in [0.5, 0.6) is 0 Å². The van der Waals surface area contributed by atoms with Gasteiger partial charge in [-0.05, 0) is 36.6 Å². The first-order valence-electron chi connectivity index (χ1n) is 10.6. The summed E-state index contributed by atoms with van der Waals surface area (Å²) in [7, 11) is 0. The number of aliphatic hydroxyl groups is 1. The molecular weight excluding hydrogens is 393 g/mol. The van der Waals surface area contributed by atoms with Crippen LogP contribution in [0.2, 0.25) is 0 Å². The van der Waals surface area contributed by atoms with Gasteiger partial charge in [-0.3, -0.25) is 9.78 Å². The molecular formula is C25H22FN3O2. The minimum Gasteiger partial charge on any atom is -0.393 e. The van der Waals surface area contributed by atoms with Crippen molar-refractivity contribution >= 4 is 16.8 Å². The van der Waals surface area contributed by atoms with Gasteiger partial charge in [0.15, 0.2) is 0 Å². The number of amides is 1. The van der Waals surface area contributed by atoms with E-state index in [2.05, 4.69) is 9.83 Å². The van der Waals surface area contributed by atoms with Crippen molar-refractivity contribution in [3.05, 3.63) is 77.0 Å². The maximum absolute atomic E-state index is 14.2. The largest absolute Gasteiger partial charge is 0.393 e. The number of fused-ring (bicyclic) bond motifs is 1. The molecule has 1 aliphatic heterocycles. The molecule has 2 heterocycles. The summed E-state index contributed by atoms with van der Waals surface area (Å²) in [5.41, 5.74) is 3.06. The normalized spacial score (nSPS) is 18.0. The fourth-order valence-corrected chi connectivity index (χ4v) is 4.41. The standard InChI is InChI=1S/C25H22FN3O2/c1-27-25(10-11-25)17-4-2-16(3-5-17)23-20-14-18(26)6-7-22(20)28-15-21(23)24(31)29-12-8-19(30)9-13-29/h2-7,14-15,19,30H,8-13H2. The number of pyridine rings is 1. The van der Waals surface area contributed by atoms with Gasteiger partial charge < -0.3 is 14.9 Å². The van der Waals surface area contributed by atoms with Gasteiger partial charge in [0.2, 0.25) is 0 Å². The Morgan fingerprint density at radius 3 is 2.52 bits per heavy atom. The first-order chi connectivity index (χ1) is 15.0. The van der Waals surface area contributed by atoms with Crippen LogP contribution in [0.1, 0.15) is 41.6 Å². The SMILES string of the molecule is [C-]#[N+]C1(c2ccc(-c3c(C(=O)N4CCC(O)CC4)cnc4ccc(F)cc34)cc2)CC1. The molecule has 1 aliphatic carbocycles. The summed E-state index contributed by atoms with van der Waals surface area (Å²) in [6.45, 7) is 8.44. The average molecular weight is 415 g/mol. The fraction of sp³-hybridized carbons (Fsp3) is 0.320. The molecule has 1 saturated heterocycles. The van der Waals surface area contributed by atoms with E-state index < -0.39 is 5.54 Å². The van der Waals surface area contributed by atoms with Crippen molar-refractivity contribution in [3.63, 3.8) is 0 Å². The van der Waals surface area contributed by atoms with Gasteiger partial charge in [0.25, 0.3) is 11.4 Å². The summed E-state index contributed by atoms with van der Waals surface area (Å²) in [4.78, 5) is 23.3. The Bertz CT molecular complexity index is 1200. The van der Waals surface area contributed by atoms with Crippen LogP contribution in [0.15, 0.2) is 48.7 Å². The molecule has 0 atom stereocenters. The van der Waals surface area contributed by atoms with E-state index in [1.807, 2.05) is 24.3 Å². The Hall–Kier alpha value is -3.30. The Balaban J connectivity index is 1.62. The molecule has 1 N–H and O–H groups in total. The molecule has 31 heavy (non-hydrogen) atoms. The Kier molecular flexibility index (Phi) is 4.71. The minimum absolute atomic E-state index is 0.163. The van der Waals surface area contributed by atoms with Crippen LogP contribution in [0.25, 0.3) is 26.9 Å². The van der Waals surface area contributed by atoms with E-state index in [0.717, 1.165) is 24.0 Å². The van der Waals surface area contributed by atoms with Gasteiger partial charge in [-0.1, -0.05) is 24.3 Å². The Morgan fingerprint density at radius 1 is 1.16 bits per heavy atom. The number of rotatable bonds is 3. The van der Waals surface area contributed by atoms with E-state index in [1.165, 1.54) is 12.1 Å². The molecule has 5 rings (SSSR count). The molecule has 1 aromatic heterocycles. The summed E-state index contributed by atoms with van der Waals surface area (Å²) < 4.78 is 14.2. The number of carbonyl (C=O) groups is 1. The van der Waals surface area contributed by atoms with E-state index in [0.29, 0.717) is 48.0 Å². The lowest BCUT2D eigenvalue weighted by Crippen LogP contribution is -2.40. The second-order valence-electron chi connectivity index (χ2n) is 8.45. The summed E-state index contributed by atoms with van der Waals surface area (Å²) in [5, 5.41) is 10.4. The van der Waals surface area contributed by atoms with Gasteiger partial charge in [-0.15, -0.1) is 0 Å². The molecule has 3 aromatic rings. The maximum atomic E-state index is 14.2. The van der Waals surface area contributed by atoms with Crippen LogP contribution < -0.4 is 0 Å². The number of halogens is 1. The number of hydrogen-bond acceptors (Lipinski definition) is 3. The number of benzene rings is 2. The van der Waals surface area contributed by atoms with Crippen molar-refractivity contribution in [2.75, 3.05) is 13.1 Å². The van der Waals surface area contributed by atoms with Gasteiger partial charge in [-0.25, -0.2) is 11.0 Å². The lowest BCUT2D eigenvalue weighted by Gasteiger charge is -2.30. The predicted octanol–water partition coefficient (Wildman–Crippen LogP) is 4.55. The number of nitrogens with zero attached hydrogens (tertiary/aromatic N) is 3. The molecule has 2 aromatic carbocycles. The Morgan fingerprint density at radius 2 is 1.87 bits per heavy atom. The molecule has 0 unspecified atom stereocenters. The van der Waals surface area contributed by atoms with Gasteiger partial charge in [-0.2, -0.15) is 0 Å². The number of carbonyl (C=O) groups excluding carboxylic acids is 1. The van der Waals surface area contributed by atoms with Gasteiger partial charge in [0.1, 0.15) is 5.82 Å². The number of piperidine rings is 1. The van der Waals surface area contributed by atoms with Crippen LogP contribution >= 0.6 is 0 Å². The van der Waals surface area contributed by atoms with Gasteiger partial charge in [0, 0.05) is 48.6 Å². The molecule has 2 fully saturated rings. The third kappa shape index (κ3) is 3.45. The topological polar surface area (TPSA) is 57.8 Å². The summed E-state index contributed by atoms with van der Waals surface area (Å²) in [6.07, 6.45) is 4.01. The van der Waals surface area contributed by atoms with E-state index in [1.54, 1.807) is 17.2 Å². The molecule has 156 valence electrons. The van der Waals surface area contributed by atoms with Gasteiger partial charge >= 0.3 is 0 Å². The van der Waals surface area contributed by atoms with Gasteiger partial charge in [0.05, 0.1) is 17.2 Å². The zero-order valence-electron chi connectivity index (χ0n) is 17.0. The van der Waals surface area contributed by atoms with Crippen LogP contribution in [0, 0.1) is 12.4 Å². The van der Waals surface area contributed by atoms with Crippen LogP contribution in [0.4, 0.5) is 4.39 Å². The summed E-state index contributed by atoms with van der Waals surface area (Å²) in [5.74, 6) is -0.549. The zero-order chi connectivity index (χ0) is 21.6. The summed E-state index contributed by atoms with van der Waals surface area (Å²) in [6, 6.07) is 12.1. The van der Waals surface area contributed by atoms with Crippen LogP contribution in [-0.4, -0.2) is 40.1 Å². The van der Waals surface area contributed by atoms with Crippen molar-refractivity contribution in [3.8, 4) is 11.1 Å². The first kappa shape index (κ1) is 19.7. The van der Waals surface area contributed by atoms with E-state index in [4.69, 9.17) is 6.57 Å².